The van der Waals surface area contributed by atoms with E-state index < -0.39 is 23.2 Å². The van der Waals surface area contributed by atoms with Crippen LogP contribution in [0.2, 0.25) is 0 Å². The first-order chi connectivity index (χ1) is 16.5. The Morgan fingerprint density at radius 1 is 1.03 bits per heavy atom. The first-order valence-electron chi connectivity index (χ1n) is 11.4. The van der Waals surface area contributed by atoms with Gasteiger partial charge in [0.15, 0.2) is 17.4 Å². The van der Waals surface area contributed by atoms with Crippen LogP contribution in [0.5, 0.6) is 5.75 Å². The van der Waals surface area contributed by atoms with E-state index in [4.69, 9.17) is 4.74 Å². The Balaban J connectivity index is 1.37. The maximum atomic E-state index is 14.7. The van der Waals surface area contributed by atoms with Gasteiger partial charge < -0.3 is 9.64 Å². The van der Waals surface area contributed by atoms with Gasteiger partial charge in [-0.05, 0) is 60.1 Å². The maximum Gasteiger partial charge on any atom is 0.225 e. The van der Waals surface area contributed by atoms with Crippen LogP contribution in [0.3, 0.4) is 0 Å². The number of aromatic nitrogens is 2. The van der Waals surface area contributed by atoms with E-state index >= 15 is 0 Å². The molecule has 34 heavy (non-hydrogen) atoms. The van der Waals surface area contributed by atoms with Crippen LogP contribution < -0.4 is 9.64 Å². The lowest BCUT2D eigenvalue weighted by atomic mass is 9.98. The normalized spacial score (nSPS) is 14.7. The molecule has 0 radical (unpaired) electrons. The number of aliphatic imine (C=N–C) groups is 1. The molecule has 5 nitrogen and oxygen atoms in total. The Hall–Kier alpha value is -3.42. The highest BCUT2D eigenvalue weighted by Gasteiger charge is 2.23. The van der Waals surface area contributed by atoms with Gasteiger partial charge in [-0.15, -0.1) is 0 Å². The van der Waals surface area contributed by atoms with E-state index in [0.29, 0.717) is 11.5 Å². The molecule has 0 atom stereocenters. The summed E-state index contributed by atoms with van der Waals surface area (Å²) in [5, 5.41) is 0. The summed E-state index contributed by atoms with van der Waals surface area (Å²) in [6, 6.07) is 6.60. The Morgan fingerprint density at radius 3 is 2.29 bits per heavy atom. The molecule has 2 heterocycles. The molecule has 0 unspecified atom stereocenters. The standard InChI is InChI=1S/C26H27F3N4O/c1-3-17-14-31-26(32-15-17)33-8-6-18(7-9-33)16-34-25-23(28)11-20(12-24(25)29)21-5-4-19(13-30-2)10-22(21)27/h4-5,10-15,18H,3,6-9,16H2,1-2H3. The lowest BCUT2D eigenvalue weighted by Gasteiger charge is -2.31. The lowest BCUT2D eigenvalue weighted by molar-refractivity contribution is 0.207. The van der Waals surface area contributed by atoms with Crippen LogP contribution >= 0.6 is 0 Å². The van der Waals surface area contributed by atoms with Crippen molar-refractivity contribution in [3.8, 4) is 16.9 Å². The van der Waals surface area contributed by atoms with Gasteiger partial charge in [-0.25, -0.2) is 23.1 Å². The Labute approximate surface area is 197 Å². The Bertz CT molecular complexity index is 1140. The molecule has 1 aliphatic rings. The van der Waals surface area contributed by atoms with Gasteiger partial charge in [0.05, 0.1) is 6.61 Å². The number of nitrogens with zero attached hydrogens (tertiary/aromatic N) is 4. The van der Waals surface area contributed by atoms with E-state index in [0.717, 1.165) is 50.0 Å². The van der Waals surface area contributed by atoms with Crippen LogP contribution in [0.15, 0.2) is 47.7 Å². The van der Waals surface area contributed by atoms with Gasteiger partial charge in [-0.3, -0.25) is 4.99 Å². The number of halogens is 3. The molecule has 4 rings (SSSR count). The molecule has 1 aliphatic heterocycles. The molecule has 0 bridgehead atoms. The smallest absolute Gasteiger partial charge is 0.225 e. The summed E-state index contributed by atoms with van der Waals surface area (Å²) < 4.78 is 49.4. The van der Waals surface area contributed by atoms with Crippen molar-refractivity contribution < 1.29 is 17.9 Å². The van der Waals surface area contributed by atoms with Gasteiger partial charge in [0.25, 0.3) is 0 Å². The third kappa shape index (κ3) is 5.38. The van der Waals surface area contributed by atoms with Gasteiger partial charge >= 0.3 is 0 Å². The second kappa shape index (κ2) is 10.7. The molecule has 0 saturated carbocycles. The Kier molecular flexibility index (Phi) is 7.45. The van der Waals surface area contributed by atoms with Crippen molar-refractivity contribution in [1.29, 1.82) is 0 Å². The van der Waals surface area contributed by atoms with Crippen LogP contribution in [0.4, 0.5) is 19.1 Å². The molecular formula is C26H27F3N4O. The predicted octanol–water partition coefficient (Wildman–Crippen LogP) is 5.47. The first kappa shape index (κ1) is 23.7. The zero-order chi connectivity index (χ0) is 24.1. The van der Waals surface area contributed by atoms with Gasteiger partial charge in [0.2, 0.25) is 5.95 Å². The van der Waals surface area contributed by atoms with Crippen molar-refractivity contribution >= 4 is 12.2 Å². The van der Waals surface area contributed by atoms with Crippen molar-refractivity contribution in [2.75, 3.05) is 31.6 Å². The van der Waals surface area contributed by atoms with Crippen molar-refractivity contribution in [3.63, 3.8) is 0 Å². The van der Waals surface area contributed by atoms with Gasteiger partial charge in [0, 0.05) is 44.3 Å². The number of anilines is 1. The molecule has 0 amide bonds. The lowest BCUT2D eigenvalue weighted by Crippen LogP contribution is -2.36. The molecule has 0 N–H and O–H groups in total. The summed E-state index contributed by atoms with van der Waals surface area (Å²) in [6.07, 6.45) is 7.68. The van der Waals surface area contributed by atoms with E-state index in [1.54, 1.807) is 13.1 Å². The third-order valence-corrected chi connectivity index (χ3v) is 6.04. The number of benzene rings is 2. The first-order valence-corrected chi connectivity index (χ1v) is 11.4. The van der Waals surface area contributed by atoms with Crippen LogP contribution in [0.1, 0.15) is 30.9 Å². The van der Waals surface area contributed by atoms with Crippen molar-refractivity contribution in [2.45, 2.75) is 26.2 Å². The van der Waals surface area contributed by atoms with Crippen molar-refractivity contribution in [3.05, 3.63) is 71.3 Å². The van der Waals surface area contributed by atoms with Gasteiger partial charge in [0.1, 0.15) is 5.82 Å². The molecule has 1 aromatic heterocycles. The van der Waals surface area contributed by atoms with Gasteiger partial charge in [-0.2, -0.15) is 0 Å². The second-order valence-electron chi connectivity index (χ2n) is 8.38. The molecule has 0 spiro atoms. The monoisotopic (exact) mass is 468 g/mol. The van der Waals surface area contributed by atoms with E-state index in [2.05, 4.69) is 26.8 Å². The zero-order valence-electron chi connectivity index (χ0n) is 19.3. The summed E-state index contributed by atoms with van der Waals surface area (Å²) in [5.74, 6) is -1.85. The fourth-order valence-electron chi connectivity index (χ4n) is 4.04. The van der Waals surface area contributed by atoms with E-state index in [1.807, 2.05) is 12.4 Å². The zero-order valence-corrected chi connectivity index (χ0v) is 19.3. The topological polar surface area (TPSA) is 50.6 Å². The highest BCUT2D eigenvalue weighted by atomic mass is 19.1. The van der Waals surface area contributed by atoms with Crippen LogP contribution in [0, 0.1) is 23.4 Å². The summed E-state index contributed by atoms with van der Waals surface area (Å²) >= 11 is 0. The van der Waals surface area contributed by atoms with E-state index in [1.165, 1.54) is 18.3 Å². The number of hydrogen-bond acceptors (Lipinski definition) is 5. The molecule has 0 aliphatic carbocycles. The SMILES string of the molecule is CCc1cnc(N2CCC(COc3c(F)cc(-c4ccc(C=NC)cc4F)cc3F)CC2)nc1. The van der Waals surface area contributed by atoms with Crippen molar-refractivity contribution in [1.82, 2.24) is 9.97 Å². The molecule has 8 heteroatoms. The number of aryl methyl sites for hydroxylation is 1. The predicted molar refractivity (Wildman–Crippen MR) is 127 cm³/mol. The minimum atomic E-state index is -0.851. The van der Waals surface area contributed by atoms with E-state index in [-0.39, 0.29) is 23.7 Å². The number of ether oxygens (including phenoxy) is 1. The number of hydrogen-bond donors (Lipinski definition) is 0. The molecule has 178 valence electrons. The van der Waals surface area contributed by atoms with Crippen molar-refractivity contribution in [2.24, 2.45) is 10.9 Å². The summed E-state index contributed by atoms with van der Waals surface area (Å²) in [7, 11) is 1.58. The fraction of sp³-hybridized carbons (Fsp3) is 0.346. The molecule has 1 saturated heterocycles. The quantitative estimate of drug-likeness (QED) is 0.432. The molecule has 2 aromatic carbocycles. The molecular weight excluding hydrogens is 441 g/mol. The summed E-state index contributed by atoms with van der Waals surface area (Å²) in [4.78, 5) is 14.8. The summed E-state index contributed by atoms with van der Waals surface area (Å²) in [6.45, 7) is 3.76. The van der Waals surface area contributed by atoms with E-state index in [9.17, 15) is 13.2 Å². The average Bonchev–Trinajstić information content (AvgIpc) is 2.84. The number of piperidine rings is 1. The van der Waals surface area contributed by atoms with Gasteiger partial charge in [-0.1, -0.05) is 19.1 Å². The van der Waals surface area contributed by atoms with Crippen LogP contribution in [-0.2, 0) is 6.42 Å². The van der Waals surface area contributed by atoms with Crippen LogP contribution in [0.25, 0.3) is 11.1 Å². The maximum absolute atomic E-state index is 14.7. The highest BCUT2D eigenvalue weighted by Crippen LogP contribution is 2.31. The molecule has 3 aromatic rings. The third-order valence-electron chi connectivity index (χ3n) is 6.04. The largest absolute Gasteiger partial charge is 0.487 e. The average molecular weight is 469 g/mol. The minimum absolute atomic E-state index is 0.110. The molecule has 1 fully saturated rings. The second-order valence-corrected chi connectivity index (χ2v) is 8.38. The minimum Gasteiger partial charge on any atom is -0.487 e. The summed E-state index contributed by atoms with van der Waals surface area (Å²) in [5.41, 5.74) is 1.88. The number of rotatable bonds is 7. The fourth-order valence-corrected chi connectivity index (χ4v) is 4.04. The highest BCUT2D eigenvalue weighted by molar-refractivity contribution is 5.81. The van der Waals surface area contributed by atoms with Crippen LogP contribution in [-0.4, -0.2) is 42.9 Å². The Morgan fingerprint density at radius 2 is 1.71 bits per heavy atom.